The minimum atomic E-state index is -0.425. The summed E-state index contributed by atoms with van der Waals surface area (Å²) in [4.78, 5) is 12.8. The number of aliphatic hydroxyl groups excluding tert-OH is 1. The quantitative estimate of drug-likeness (QED) is 0.885. The van der Waals surface area contributed by atoms with E-state index in [-0.39, 0.29) is 18.4 Å². The lowest BCUT2D eigenvalue weighted by Gasteiger charge is -2.16. The number of benzene rings is 1. The van der Waals surface area contributed by atoms with E-state index in [4.69, 9.17) is 0 Å². The van der Waals surface area contributed by atoms with Gasteiger partial charge < -0.3 is 10.4 Å². The number of nitrogens with one attached hydrogen (secondary N) is 1. The van der Waals surface area contributed by atoms with Gasteiger partial charge in [-0.05, 0) is 23.0 Å². The predicted molar refractivity (Wildman–Crippen MR) is 77.7 cm³/mol. The number of amides is 1. The molecule has 106 valence electrons. The van der Waals surface area contributed by atoms with Crippen LogP contribution in [0.4, 0.5) is 0 Å². The highest BCUT2D eigenvalue weighted by molar-refractivity contribution is 7.08. The summed E-state index contributed by atoms with van der Waals surface area (Å²) in [6, 6.07) is 8.95. The fourth-order valence-electron chi connectivity index (χ4n) is 1.88. The summed E-state index contributed by atoms with van der Waals surface area (Å²) < 4.78 is 3.84. The molecule has 1 atom stereocenters. The molecule has 6 heteroatoms. The van der Waals surface area contributed by atoms with Gasteiger partial charge in [0.25, 0.3) is 5.91 Å². The van der Waals surface area contributed by atoms with Crippen LogP contribution in [0.3, 0.4) is 0 Å². The maximum absolute atomic E-state index is 12.3. The second-order valence-corrected chi connectivity index (χ2v) is 5.52. The number of hydrogen-bond donors (Lipinski definition) is 2. The Morgan fingerprint density at radius 2 is 2.05 bits per heavy atom. The molecule has 2 rings (SSSR count). The zero-order chi connectivity index (χ0) is 14.5. The van der Waals surface area contributed by atoms with Gasteiger partial charge in [-0.3, -0.25) is 4.79 Å². The van der Waals surface area contributed by atoms with Crippen LogP contribution < -0.4 is 5.32 Å². The normalized spacial score (nSPS) is 12.4. The first-order valence-electron chi connectivity index (χ1n) is 6.42. The van der Waals surface area contributed by atoms with Gasteiger partial charge in [0.05, 0.1) is 18.3 Å². The highest BCUT2D eigenvalue weighted by atomic mass is 32.1. The molecule has 0 aliphatic heterocycles. The van der Waals surface area contributed by atoms with Crippen molar-refractivity contribution in [3.05, 3.63) is 46.5 Å². The lowest BCUT2D eigenvalue weighted by atomic mass is 10.1. The maximum Gasteiger partial charge on any atom is 0.265 e. The molecule has 2 aromatic rings. The van der Waals surface area contributed by atoms with Gasteiger partial charge in [-0.15, -0.1) is 5.10 Å². The summed E-state index contributed by atoms with van der Waals surface area (Å²) >= 11 is 1.08. The Morgan fingerprint density at radius 1 is 1.35 bits per heavy atom. The summed E-state index contributed by atoms with van der Waals surface area (Å²) in [6.45, 7) is 3.78. The summed E-state index contributed by atoms with van der Waals surface area (Å²) in [5.41, 5.74) is 1.56. The molecule has 5 nitrogen and oxygen atoms in total. The Morgan fingerprint density at radius 3 is 2.65 bits per heavy atom. The largest absolute Gasteiger partial charge is 0.394 e. The van der Waals surface area contributed by atoms with E-state index in [9.17, 15) is 9.90 Å². The van der Waals surface area contributed by atoms with Crippen LogP contribution in [0.15, 0.2) is 30.3 Å². The molecule has 0 fully saturated rings. The van der Waals surface area contributed by atoms with Crippen molar-refractivity contribution in [1.82, 2.24) is 14.9 Å². The molecule has 1 aromatic heterocycles. The molecule has 0 radical (unpaired) electrons. The van der Waals surface area contributed by atoms with Gasteiger partial charge in [-0.25, -0.2) is 0 Å². The van der Waals surface area contributed by atoms with Crippen LogP contribution in [0.5, 0.6) is 0 Å². The zero-order valence-electron chi connectivity index (χ0n) is 11.4. The van der Waals surface area contributed by atoms with Gasteiger partial charge >= 0.3 is 0 Å². The molecule has 0 aliphatic carbocycles. The molecule has 0 aliphatic rings. The molecule has 1 amide bonds. The topological polar surface area (TPSA) is 75.1 Å². The van der Waals surface area contributed by atoms with Crippen molar-refractivity contribution < 1.29 is 9.90 Å². The number of carbonyl (C=O) groups excluding carboxylic acids is 1. The van der Waals surface area contributed by atoms with E-state index in [0.717, 1.165) is 17.1 Å². The lowest BCUT2D eigenvalue weighted by molar-refractivity contribution is 0.0919. The predicted octanol–water partition coefficient (Wildman–Crippen LogP) is 2.12. The Bertz CT molecular complexity index is 569. The molecule has 0 saturated heterocycles. The van der Waals surface area contributed by atoms with E-state index in [2.05, 4.69) is 14.9 Å². The van der Waals surface area contributed by atoms with Crippen LogP contribution >= 0.6 is 11.5 Å². The number of aliphatic hydroxyl groups is 1. The Hall–Kier alpha value is -1.79. The minimum absolute atomic E-state index is 0.138. The lowest BCUT2D eigenvalue weighted by Crippen LogP contribution is -2.30. The van der Waals surface area contributed by atoms with E-state index in [1.54, 1.807) is 0 Å². The highest BCUT2D eigenvalue weighted by Crippen LogP contribution is 2.21. The van der Waals surface area contributed by atoms with E-state index in [1.165, 1.54) is 0 Å². The van der Waals surface area contributed by atoms with Crippen LogP contribution in [0, 0.1) is 0 Å². The monoisotopic (exact) mass is 291 g/mol. The molecule has 20 heavy (non-hydrogen) atoms. The van der Waals surface area contributed by atoms with Crippen LogP contribution in [0.1, 0.15) is 46.7 Å². The van der Waals surface area contributed by atoms with Crippen molar-refractivity contribution in [2.24, 2.45) is 0 Å². The second kappa shape index (κ2) is 6.58. The van der Waals surface area contributed by atoms with Crippen molar-refractivity contribution in [2.75, 3.05) is 6.61 Å². The fraction of sp³-hybridized carbons (Fsp3) is 0.357. The van der Waals surface area contributed by atoms with Crippen LogP contribution in [-0.2, 0) is 0 Å². The maximum atomic E-state index is 12.3. The van der Waals surface area contributed by atoms with Gasteiger partial charge in [0.2, 0.25) is 0 Å². The average Bonchev–Trinajstić information content (AvgIpc) is 2.95. The molecule has 0 spiro atoms. The van der Waals surface area contributed by atoms with Crippen LogP contribution in [-0.4, -0.2) is 27.2 Å². The molecular formula is C14H17N3O2S. The van der Waals surface area contributed by atoms with Gasteiger partial charge in [-0.2, -0.15) is 0 Å². The standard InChI is InChI=1S/C14H17N3O2S/c1-9(2)12-13(20-17-16-12)14(19)15-11(8-18)10-6-4-3-5-7-10/h3-7,9,11,18H,8H2,1-2H3,(H,15,19). The third-order valence-corrected chi connectivity index (χ3v) is 3.70. The van der Waals surface area contributed by atoms with Crippen molar-refractivity contribution in [3.8, 4) is 0 Å². The van der Waals surface area contributed by atoms with Gasteiger partial charge in [0, 0.05) is 0 Å². The molecule has 0 bridgehead atoms. The molecule has 1 aromatic carbocycles. The Labute approximate surface area is 121 Å². The first kappa shape index (κ1) is 14.6. The number of carbonyl (C=O) groups is 1. The summed E-state index contributed by atoms with van der Waals surface area (Å²) in [6.07, 6.45) is 0. The number of aromatic nitrogens is 2. The van der Waals surface area contributed by atoms with Gasteiger partial charge in [0.15, 0.2) is 0 Å². The Kier molecular flexibility index (Phi) is 4.81. The zero-order valence-corrected chi connectivity index (χ0v) is 12.2. The van der Waals surface area contributed by atoms with Crippen molar-refractivity contribution in [2.45, 2.75) is 25.8 Å². The number of hydrogen-bond acceptors (Lipinski definition) is 5. The molecule has 0 saturated carbocycles. The number of rotatable bonds is 5. The third-order valence-electron chi connectivity index (χ3n) is 2.96. The van der Waals surface area contributed by atoms with Gasteiger partial charge in [0.1, 0.15) is 4.88 Å². The van der Waals surface area contributed by atoms with Gasteiger partial charge in [-0.1, -0.05) is 48.7 Å². The smallest absolute Gasteiger partial charge is 0.265 e. The summed E-state index contributed by atoms with van der Waals surface area (Å²) in [7, 11) is 0. The molecule has 2 N–H and O–H groups in total. The van der Waals surface area contributed by atoms with E-state index < -0.39 is 6.04 Å². The fourth-order valence-corrected chi connectivity index (χ4v) is 2.60. The first-order chi connectivity index (χ1) is 9.63. The average molecular weight is 291 g/mol. The first-order valence-corrected chi connectivity index (χ1v) is 7.19. The van der Waals surface area contributed by atoms with Crippen molar-refractivity contribution >= 4 is 17.4 Å². The second-order valence-electron chi connectivity index (χ2n) is 4.76. The van der Waals surface area contributed by atoms with Crippen molar-refractivity contribution in [1.29, 1.82) is 0 Å². The SMILES string of the molecule is CC(C)c1nnsc1C(=O)NC(CO)c1ccccc1. The minimum Gasteiger partial charge on any atom is -0.394 e. The molecular weight excluding hydrogens is 274 g/mol. The highest BCUT2D eigenvalue weighted by Gasteiger charge is 2.21. The van der Waals surface area contributed by atoms with Crippen LogP contribution in [0.2, 0.25) is 0 Å². The summed E-state index contributed by atoms with van der Waals surface area (Å²) in [5.74, 6) is -0.106. The third kappa shape index (κ3) is 3.20. The number of nitrogens with zero attached hydrogens (tertiary/aromatic N) is 2. The van der Waals surface area contributed by atoms with E-state index in [0.29, 0.717) is 10.6 Å². The molecule has 1 unspecified atom stereocenters. The van der Waals surface area contributed by atoms with Crippen molar-refractivity contribution in [3.63, 3.8) is 0 Å². The van der Waals surface area contributed by atoms with E-state index in [1.807, 2.05) is 44.2 Å². The van der Waals surface area contributed by atoms with Crippen LogP contribution in [0.25, 0.3) is 0 Å². The van der Waals surface area contributed by atoms with E-state index >= 15 is 0 Å². The Balaban J connectivity index is 2.16. The molecule has 1 heterocycles. The summed E-state index contributed by atoms with van der Waals surface area (Å²) in [5, 5.41) is 16.3.